The van der Waals surface area contributed by atoms with Crippen molar-refractivity contribution in [2.75, 3.05) is 0 Å². The molecule has 1 aromatic rings. The van der Waals surface area contributed by atoms with Gasteiger partial charge < -0.3 is 10.5 Å². The van der Waals surface area contributed by atoms with Gasteiger partial charge in [-0.25, -0.2) is 0 Å². The summed E-state index contributed by atoms with van der Waals surface area (Å²) >= 11 is 0. The van der Waals surface area contributed by atoms with Gasteiger partial charge in [0.25, 0.3) is 0 Å². The molecule has 0 aliphatic carbocycles. The fraction of sp³-hybridized carbons (Fsp3) is 0.444. The molecule has 1 heterocycles. The van der Waals surface area contributed by atoms with Crippen molar-refractivity contribution in [3.63, 3.8) is 0 Å². The first-order chi connectivity index (χ1) is 8.06. The summed E-state index contributed by atoms with van der Waals surface area (Å²) in [7, 11) is 0. The van der Waals surface area contributed by atoms with Crippen LogP contribution >= 0.6 is 0 Å². The Kier molecular flexibility index (Phi) is 3.75. The van der Waals surface area contributed by atoms with Crippen LogP contribution in [0.15, 0.2) is 6.20 Å². The van der Waals surface area contributed by atoms with E-state index >= 15 is 0 Å². The maximum Gasteiger partial charge on any atom is 0.573 e. The number of ether oxygens (including phenoxy) is 1. The van der Waals surface area contributed by atoms with Crippen molar-refractivity contribution in [2.45, 2.75) is 26.0 Å². The highest BCUT2D eigenvalue weighted by Gasteiger charge is 2.38. The van der Waals surface area contributed by atoms with Crippen molar-refractivity contribution in [1.82, 2.24) is 4.98 Å². The summed E-state index contributed by atoms with van der Waals surface area (Å²) in [6.45, 7) is 0.398. The molecule has 0 spiro atoms. The third-order valence-electron chi connectivity index (χ3n) is 2.07. The van der Waals surface area contributed by atoms with Crippen LogP contribution in [0.1, 0.15) is 16.8 Å². The largest absolute Gasteiger partial charge is 0.573 e. The summed E-state index contributed by atoms with van der Waals surface area (Å²) in [6.07, 6.45) is -9.49. The highest BCUT2D eigenvalue weighted by atomic mass is 19.4. The van der Waals surface area contributed by atoms with Gasteiger partial charge in [0, 0.05) is 18.3 Å². The number of hydrogen-bond donors (Lipinski definition) is 1. The molecule has 0 aliphatic rings. The van der Waals surface area contributed by atoms with Crippen LogP contribution in [0.5, 0.6) is 5.75 Å². The van der Waals surface area contributed by atoms with E-state index in [1.54, 1.807) is 0 Å². The van der Waals surface area contributed by atoms with Crippen LogP contribution in [0.2, 0.25) is 0 Å². The molecule has 0 aliphatic heterocycles. The molecular formula is C9H8F6N2O. The number of alkyl halides is 6. The number of pyridine rings is 1. The van der Waals surface area contributed by atoms with Gasteiger partial charge in [-0.3, -0.25) is 4.98 Å². The molecule has 3 nitrogen and oxygen atoms in total. The van der Waals surface area contributed by atoms with Gasteiger partial charge >= 0.3 is 12.5 Å². The molecule has 2 N–H and O–H groups in total. The lowest BCUT2D eigenvalue weighted by Gasteiger charge is -2.17. The Bertz CT molecular complexity index is 440. The van der Waals surface area contributed by atoms with E-state index in [9.17, 15) is 26.3 Å². The SMILES string of the molecule is Cc1c(C(F)(F)F)cnc(CN)c1OC(F)(F)F. The first-order valence-electron chi connectivity index (χ1n) is 4.57. The molecule has 0 bridgehead atoms. The first-order valence-corrected chi connectivity index (χ1v) is 4.57. The van der Waals surface area contributed by atoms with Crippen molar-refractivity contribution in [3.8, 4) is 5.75 Å². The Labute approximate surface area is 97.6 Å². The van der Waals surface area contributed by atoms with E-state index in [1.807, 2.05) is 0 Å². The maximum atomic E-state index is 12.5. The van der Waals surface area contributed by atoms with Gasteiger partial charge in [-0.2, -0.15) is 13.2 Å². The second-order valence-corrected chi connectivity index (χ2v) is 3.32. The van der Waals surface area contributed by atoms with E-state index in [-0.39, 0.29) is 0 Å². The summed E-state index contributed by atoms with van der Waals surface area (Å²) in [5.41, 5.74) is 2.72. The van der Waals surface area contributed by atoms with Crippen LogP contribution in [0.3, 0.4) is 0 Å². The minimum atomic E-state index is -5.11. The van der Waals surface area contributed by atoms with Crippen molar-refractivity contribution >= 4 is 0 Å². The minimum Gasteiger partial charge on any atom is -0.403 e. The molecule has 102 valence electrons. The van der Waals surface area contributed by atoms with Crippen molar-refractivity contribution in [1.29, 1.82) is 0 Å². The predicted molar refractivity (Wildman–Crippen MR) is 48.6 cm³/mol. The van der Waals surface area contributed by atoms with Crippen LogP contribution in [-0.4, -0.2) is 11.3 Å². The van der Waals surface area contributed by atoms with E-state index in [0.29, 0.717) is 6.20 Å². The number of halogens is 6. The molecule has 0 fully saturated rings. The highest BCUT2D eigenvalue weighted by molar-refractivity contribution is 5.42. The summed E-state index contributed by atoms with van der Waals surface area (Å²) in [6, 6.07) is 0. The molecule has 0 saturated heterocycles. The van der Waals surface area contributed by atoms with Gasteiger partial charge in [0.05, 0.1) is 11.3 Å². The summed E-state index contributed by atoms with van der Waals surface area (Å²) < 4.78 is 77.3. The topological polar surface area (TPSA) is 48.1 Å². The van der Waals surface area contributed by atoms with Gasteiger partial charge in [-0.15, -0.1) is 13.2 Å². The van der Waals surface area contributed by atoms with Crippen molar-refractivity contribution in [3.05, 3.63) is 23.0 Å². The zero-order valence-corrected chi connectivity index (χ0v) is 8.99. The molecule has 18 heavy (non-hydrogen) atoms. The minimum absolute atomic E-state index is 0.391. The summed E-state index contributed by atoms with van der Waals surface area (Å²) in [5, 5.41) is 0. The summed E-state index contributed by atoms with van der Waals surface area (Å²) in [5.74, 6) is -1.00. The van der Waals surface area contributed by atoms with Gasteiger partial charge in [0.1, 0.15) is 0 Å². The van der Waals surface area contributed by atoms with Crippen LogP contribution in [-0.2, 0) is 12.7 Å². The Morgan fingerprint density at radius 2 is 1.78 bits per heavy atom. The van der Waals surface area contributed by atoms with E-state index in [2.05, 4.69) is 9.72 Å². The zero-order chi connectivity index (χ0) is 14.1. The molecule has 0 amide bonds. The monoisotopic (exact) mass is 274 g/mol. The fourth-order valence-corrected chi connectivity index (χ4v) is 1.32. The quantitative estimate of drug-likeness (QED) is 0.843. The van der Waals surface area contributed by atoms with E-state index in [0.717, 1.165) is 6.92 Å². The number of rotatable bonds is 2. The average Bonchev–Trinajstić information content (AvgIpc) is 2.17. The van der Waals surface area contributed by atoms with Gasteiger partial charge in [-0.05, 0) is 6.92 Å². The number of aromatic nitrogens is 1. The lowest BCUT2D eigenvalue weighted by Crippen LogP contribution is -2.21. The van der Waals surface area contributed by atoms with Crippen LogP contribution in [0, 0.1) is 6.92 Å². The third kappa shape index (κ3) is 3.25. The maximum absolute atomic E-state index is 12.5. The van der Waals surface area contributed by atoms with E-state index < -0.39 is 41.7 Å². The Morgan fingerprint density at radius 1 is 1.22 bits per heavy atom. The third-order valence-corrected chi connectivity index (χ3v) is 2.07. The van der Waals surface area contributed by atoms with E-state index in [4.69, 9.17) is 5.73 Å². The number of nitrogens with two attached hydrogens (primary N) is 1. The summed E-state index contributed by atoms with van der Waals surface area (Å²) in [4.78, 5) is 3.24. The highest BCUT2D eigenvalue weighted by Crippen LogP contribution is 2.37. The molecule has 0 unspecified atom stereocenters. The Balaban J connectivity index is 3.37. The lowest BCUT2D eigenvalue weighted by atomic mass is 10.1. The second-order valence-electron chi connectivity index (χ2n) is 3.32. The van der Waals surface area contributed by atoms with Gasteiger partial charge in [-0.1, -0.05) is 0 Å². The second kappa shape index (κ2) is 4.63. The Morgan fingerprint density at radius 3 is 2.17 bits per heavy atom. The van der Waals surface area contributed by atoms with Crippen molar-refractivity contribution < 1.29 is 31.1 Å². The van der Waals surface area contributed by atoms with E-state index in [1.165, 1.54) is 0 Å². The van der Waals surface area contributed by atoms with Crippen LogP contribution < -0.4 is 10.5 Å². The van der Waals surface area contributed by atoms with Crippen molar-refractivity contribution in [2.24, 2.45) is 5.73 Å². The number of nitrogens with zero attached hydrogens (tertiary/aromatic N) is 1. The standard InChI is InChI=1S/C9H8F6N2O/c1-4-5(8(10,11)12)3-17-6(2-16)7(4)18-9(13,14)15/h3H,2,16H2,1H3. The number of hydrogen-bond acceptors (Lipinski definition) is 3. The predicted octanol–water partition coefficient (Wildman–Crippen LogP) is 2.77. The molecule has 0 radical (unpaired) electrons. The molecule has 9 heteroatoms. The van der Waals surface area contributed by atoms with Crippen LogP contribution in [0.4, 0.5) is 26.3 Å². The molecule has 0 atom stereocenters. The normalized spacial score (nSPS) is 12.7. The average molecular weight is 274 g/mol. The first kappa shape index (κ1) is 14.6. The fourth-order valence-electron chi connectivity index (χ4n) is 1.32. The lowest BCUT2D eigenvalue weighted by molar-refractivity contribution is -0.275. The molecular weight excluding hydrogens is 266 g/mol. The molecule has 0 aromatic carbocycles. The molecule has 1 rings (SSSR count). The van der Waals surface area contributed by atoms with Gasteiger partial charge in [0.2, 0.25) is 0 Å². The smallest absolute Gasteiger partial charge is 0.403 e. The van der Waals surface area contributed by atoms with Gasteiger partial charge in [0.15, 0.2) is 5.75 Å². The zero-order valence-electron chi connectivity index (χ0n) is 8.99. The Hall–Kier alpha value is -1.51. The molecule has 0 saturated carbocycles. The van der Waals surface area contributed by atoms with Crippen LogP contribution in [0.25, 0.3) is 0 Å². The molecule has 1 aromatic heterocycles.